The molecular weight excluding hydrogens is 326 g/mol. The molecule has 0 aromatic heterocycles. The lowest BCUT2D eigenvalue weighted by molar-refractivity contribution is 0.195. The Hall–Kier alpha value is -2.90. The fourth-order valence-electron chi connectivity index (χ4n) is 4.42. The van der Waals surface area contributed by atoms with Crippen molar-refractivity contribution in [3.63, 3.8) is 0 Å². The molecule has 0 radical (unpaired) electrons. The molecule has 4 aromatic carbocycles. The molecule has 0 spiro atoms. The quantitative estimate of drug-likeness (QED) is 0.395. The van der Waals surface area contributed by atoms with Crippen LogP contribution in [0.4, 0.5) is 0 Å². The summed E-state index contributed by atoms with van der Waals surface area (Å²) >= 11 is 0. The Kier molecular flexibility index (Phi) is 4.03. The summed E-state index contributed by atoms with van der Waals surface area (Å²) in [5.41, 5.74) is 6.98. The van der Waals surface area contributed by atoms with E-state index in [4.69, 9.17) is 0 Å². The van der Waals surface area contributed by atoms with Gasteiger partial charge in [0.2, 0.25) is 0 Å². The molecule has 1 atom stereocenters. The molecule has 132 valence electrons. The Bertz CT molecular complexity index is 1060. The van der Waals surface area contributed by atoms with Crippen LogP contribution in [-0.4, -0.2) is 4.90 Å². The summed E-state index contributed by atoms with van der Waals surface area (Å²) in [6.07, 6.45) is 0. The highest BCUT2D eigenvalue weighted by Crippen LogP contribution is 2.37. The van der Waals surface area contributed by atoms with Gasteiger partial charge in [-0.05, 0) is 45.5 Å². The SMILES string of the molecule is C[C@@H](c1cccc2ccccc12)N1Cc2ccccc2-c2ccccc2C1. The van der Waals surface area contributed by atoms with Crippen molar-refractivity contribution < 1.29 is 0 Å². The van der Waals surface area contributed by atoms with Crippen molar-refractivity contribution in [1.82, 2.24) is 4.90 Å². The van der Waals surface area contributed by atoms with Gasteiger partial charge in [-0.25, -0.2) is 0 Å². The van der Waals surface area contributed by atoms with E-state index < -0.39 is 0 Å². The van der Waals surface area contributed by atoms with Crippen LogP contribution >= 0.6 is 0 Å². The highest BCUT2D eigenvalue weighted by molar-refractivity contribution is 5.86. The van der Waals surface area contributed by atoms with Crippen LogP contribution in [-0.2, 0) is 13.1 Å². The van der Waals surface area contributed by atoms with Crippen LogP contribution < -0.4 is 0 Å². The molecule has 5 rings (SSSR count). The first-order valence-corrected chi connectivity index (χ1v) is 9.69. The van der Waals surface area contributed by atoms with E-state index in [-0.39, 0.29) is 0 Å². The van der Waals surface area contributed by atoms with Gasteiger partial charge in [0.15, 0.2) is 0 Å². The first-order valence-electron chi connectivity index (χ1n) is 9.69. The van der Waals surface area contributed by atoms with E-state index in [0.717, 1.165) is 13.1 Å². The van der Waals surface area contributed by atoms with E-state index in [2.05, 4.69) is 103 Å². The predicted molar refractivity (Wildman–Crippen MR) is 113 cm³/mol. The standard InChI is InChI=1S/C26H23N/c1-19(23-16-8-12-20-9-2-5-13-24(20)23)27-17-21-10-3-6-14-25(21)26-15-7-4-11-22(26)18-27/h2-16,19H,17-18H2,1H3/t19-/m0/s1. The zero-order valence-corrected chi connectivity index (χ0v) is 15.6. The van der Waals surface area contributed by atoms with Crippen molar-refractivity contribution in [3.05, 3.63) is 108 Å². The first kappa shape index (κ1) is 16.3. The third-order valence-corrected chi connectivity index (χ3v) is 5.89. The molecule has 1 heteroatoms. The van der Waals surface area contributed by atoms with Gasteiger partial charge in [-0.15, -0.1) is 0 Å². The fraction of sp³-hybridized carbons (Fsp3) is 0.154. The zero-order chi connectivity index (χ0) is 18.2. The van der Waals surface area contributed by atoms with Crippen LogP contribution in [0.15, 0.2) is 91.0 Å². The molecule has 27 heavy (non-hydrogen) atoms. The molecule has 0 unspecified atom stereocenters. The molecule has 0 amide bonds. The second-order valence-electron chi connectivity index (χ2n) is 7.46. The largest absolute Gasteiger partial charge is 0.288 e. The maximum atomic E-state index is 2.60. The Labute approximate surface area is 160 Å². The normalized spacial score (nSPS) is 15.0. The minimum Gasteiger partial charge on any atom is -0.288 e. The lowest BCUT2D eigenvalue weighted by Gasteiger charge is -2.29. The monoisotopic (exact) mass is 349 g/mol. The Balaban J connectivity index is 1.62. The zero-order valence-electron chi connectivity index (χ0n) is 15.6. The van der Waals surface area contributed by atoms with E-state index in [1.807, 2.05) is 0 Å². The third kappa shape index (κ3) is 2.85. The number of hydrogen-bond donors (Lipinski definition) is 0. The van der Waals surface area contributed by atoms with Crippen LogP contribution in [0.2, 0.25) is 0 Å². The van der Waals surface area contributed by atoms with Crippen molar-refractivity contribution >= 4 is 10.8 Å². The summed E-state index contributed by atoms with van der Waals surface area (Å²) in [6, 6.07) is 33.5. The Morgan fingerprint density at radius 3 is 1.89 bits per heavy atom. The van der Waals surface area contributed by atoms with Gasteiger partial charge in [0.25, 0.3) is 0 Å². The summed E-state index contributed by atoms with van der Waals surface area (Å²) in [5, 5.41) is 2.68. The molecule has 1 aliphatic heterocycles. The average molecular weight is 349 g/mol. The van der Waals surface area contributed by atoms with Crippen molar-refractivity contribution in [3.8, 4) is 11.1 Å². The molecule has 0 fully saturated rings. The second-order valence-corrected chi connectivity index (χ2v) is 7.46. The smallest absolute Gasteiger partial charge is 0.0333 e. The summed E-state index contributed by atoms with van der Waals surface area (Å²) in [5.74, 6) is 0. The van der Waals surface area contributed by atoms with E-state index >= 15 is 0 Å². The van der Waals surface area contributed by atoms with Gasteiger partial charge >= 0.3 is 0 Å². The summed E-state index contributed by atoms with van der Waals surface area (Å²) < 4.78 is 0. The average Bonchev–Trinajstić information content (AvgIpc) is 2.90. The van der Waals surface area contributed by atoms with E-state index in [1.165, 1.54) is 38.6 Å². The molecule has 0 saturated heterocycles. The van der Waals surface area contributed by atoms with Crippen LogP contribution in [0.25, 0.3) is 21.9 Å². The summed E-state index contributed by atoms with van der Waals surface area (Å²) in [6.45, 7) is 4.28. The molecule has 0 N–H and O–H groups in total. The number of hydrogen-bond acceptors (Lipinski definition) is 1. The number of benzene rings is 4. The minimum atomic E-state index is 0.343. The van der Waals surface area contributed by atoms with E-state index in [9.17, 15) is 0 Å². The number of rotatable bonds is 2. The van der Waals surface area contributed by atoms with Gasteiger partial charge in [-0.1, -0.05) is 91.0 Å². The van der Waals surface area contributed by atoms with Gasteiger partial charge < -0.3 is 0 Å². The molecule has 0 bridgehead atoms. The maximum Gasteiger partial charge on any atom is 0.0333 e. The minimum absolute atomic E-state index is 0.343. The van der Waals surface area contributed by atoms with Crippen molar-refractivity contribution in [2.75, 3.05) is 0 Å². The van der Waals surface area contributed by atoms with Crippen molar-refractivity contribution in [2.45, 2.75) is 26.1 Å². The number of fused-ring (bicyclic) bond motifs is 4. The molecular formula is C26H23N. The maximum absolute atomic E-state index is 2.60. The van der Waals surface area contributed by atoms with Gasteiger partial charge in [0.1, 0.15) is 0 Å². The van der Waals surface area contributed by atoms with Gasteiger partial charge in [-0.3, -0.25) is 4.90 Å². The summed E-state index contributed by atoms with van der Waals surface area (Å²) in [7, 11) is 0. The van der Waals surface area contributed by atoms with Crippen LogP contribution in [0.5, 0.6) is 0 Å². The molecule has 0 saturated carbocycles. The lowest BCUT2D eigenvalue weighted by Crippen LogP contribution is -2.25. The van der Waals surface area contributed by atoms with Crippen LogP contribution in [0.3, 0.4) is 0 Å². The predicted octanol–water partition coefficient (Wildman–Crippen LogP) is 6.58. The Morgan fingerprint density at radius 1 is 0.630 bits per heavy atom. The highest BCUT2D eigenvalue weighted by Gasteiger charge is 2.24. The third-order valence-electron chi connectivity index (χ3n) is 5.89. The molecule has 1 nitrogen and oxygen atoms in total. The second kappa shape index (κ2) is 6.68. The molecule has 1 aliphatic rings. The molecule has 4 aromatic rings. The molecule has 1 heterocycles. The van der Waals surface area contributed by atoms with Gasteiger partial charge in [0, 0.05) is 19.1 Å². The van der Waals surface area contributed by atoms with Gasteiger partial charge in [-0.2, -0.15) is 0 Å². The van der Waals surface area contributed by atoms with Crippen molar-refractivity contribution in [2.24, 2.45) is 0 Å². The van der Waals surface area contributed by atoms with E-state index in [1.54, 1.807) is 0 Å². The highest BCUT2D eigenvalue weighted by atomic mass is 15.1. The van der Waals surface area contributed by atoms with Gasteiger partial charge in [0.05, 0.1) is 0 Å². The van der Waals surface area contributed by atoms with Crippen molar-refractivity contribution in [1.29, 1.82) is 0 Å². The molecule has 0 aliphatic carbocycles. The fourth-order valence-corrected chi connectivity index (χ4v) is 4.42. The van der Waals surface area contributed by atoms with E-state index in [0.29, 0.717) is 6.04 Å². The topological polar surface area (TPSA) is 3.24 Å². The number of nitrogens with zero attached hydrogens (tertiary/aromatic N) is 1. The summed E-state index contributed by atoms with van der Waals surface area (Å²) in [4.78, 5) is 2.60. The van der Waals surface area contributed by atoms with Crippen LogP contribution in [0, 0.1) is 0 Å². The first-order chi connectivity index (χ1) is 13.3. The van der Waals surface area contributed by atoms with Crippen LogP contribution in [0.1, 0.15) is 29.7 Å². The lowest BCUT2D eigenvalue weighted by atomic mass is 9.97. The Morgan fingerprint density at radius 2 is 1.19 bits per heavy atom.